The number of benzene rings is 2. The zero-order valence-corrected chi connectivity index (χ0v) is 10.7. The second kappa shape index (κ2) is 5.34. The highest BCUT2D eigenvalue weighted by Gasteiger charge is 2.10. The van der Waals surface area contributed by atoms with Gasteiger partial charge in [-0.25, -0.2) is 13.2 Å². The van der Waals surface area contributed by atoms with Crippen LogP contribution in [-0.4, -0.2) is 0 Å². The average Bonchev–Trinajstić information content (AvgIpc) is 2.36. The van der Waals surface area contributed by atoms with Crippen LogP contribution in [0.2, 0.25) is 0 Å². The SMILES string of the molecule is Cc1ccc(CNc2cc(F)cc(F)c2F)cc1C. The summed E-state index contributed by atoms with van der Waals surface area (Å²) >= 11 is 0. The molecule has 0 radical (unpaired) electrons. The number of hydrogen-bond donors (Lipinski definition) is 1. The minimum atomic E-state index is -1.19. The first-order valence-electron chi connectivity index (χ1n) is 5.92. The molecule has 100 valence electrons. The Hall–Kier alpha value is -1.97. The van der Waals surface area contributed by atoms with Crippen LogP contribution in [0.5, 0.6) is 0 Å². The predicted octanol–water partition coefficient (Wildman–Crippen LogP) is 4.33. The van der Waals surface area contributed by atoms with Crippen LogP contribution >= 0.6 is 0 Å². The first-order valence-corrected chi connectivity index (χ1v) is 5.92. The van der Waals surface area contributed by atoms with E-state index in [1.54, 1.807) is 0 Å². The van der Waals surface area contributed by atoms with Crippen LogP contribution < -0.4 is 5.32 Å². The molecule has 2 aromatic rings. The van der Waals surface area contributed by atoms with Gasteiger partial charge in [0.15, 0.2) is 11.6 Å². The third-order valence-corrected chi connectivity index (χ3v) is 3.05. The molecule has 0 bridgehead atoms. The lowest BCUT2D eigenvalue weighted by Gasteiger charge is -2.10. The van der Waals surface area contributed by atoms with Gasteiger partial charge in [0.1, 0.15) is 5.82 Å². The third kappa shape index (κ3) is 3.08. The highest BCUT2D eigenvalue weighted by molar-refractivity contribution is 5.46. The lowest BCUT2D eigenvalue weighted by atomic mass is 10.1. The predicted molar refractivity (Wildman–Crippen MR) is 69.6 cm³/mol. The molecule has 0 heterocycles. The van der Waals surface area contributed by atoms with Crippen LogP contribution in [0.25, 0.3) is 0 Å². The van der Waals surface area contributed by atoms with Crippen molar-refractivity contribution in [3.8, 4) is 0 Å². The van der Waals surface area contributed by atoms with Gasteiger partial charge >= 0.3 is 0 Å². The molecular formula is C15H14F3N. The Balaban J connectivity index is 2.16. The Morgan fingerprint density at radius 1 is 0.947 bits per heavy atom. The Bertz CT molecular complexity index is 609. The number of aryl methyl sites for hydroxylation is 2. The molecule has 4 heteroatoms. The number of halogens is 3. The fraction of sp³-hybridized carbons (Fsp3) is 0.200. The van der Waals surface area contributed by atoms with Crippen LogP contribution in [0.1, 0.15) is 16.7 Å². The number of nitrogens with one attached hydrogen (secondary N) is 1. The summed E-state index contributed by atoms with van der Waals surface area (Å²) in [6.45, 7) is 4.27. The van der Waals surface area contributed by atoms with E-state index in [-0.39, 0.29) is 5.69 Å². The Labute approximate surface area is 110 Å². The molecule has 0 aliphatic rings. The van der Waals surface area contributed by atoms with Gasteiger partial charge in [0.25, 0.3) is 0 Å². The molecule has 0 aromatic heterocycles. The van der Waals surface area contributed by atoms with Crippen molar-refractivity contribution in [2.75, 3.05) is 5.32 Å². The van der Waals surface area contributed by atoms with Crippen LogP contribution in [0.4, 0.5) is 18.9 Å². The standard InChI is InChI=1S/C15H14F3N/c1-9-3-4-11(5-10(9)2)8-19-14-7-12(16)6-13(17)15(14)18/h3-7,19H,8H2,1-2H3. The summed E-state index contributed by atoms with van der Waals surface area (Å²) in [5.74, 6) is -3.06. The van der Waals surface area contributed by atoms with Gasteiger partial charge in [-0.2, -0.15) is 0 Å². The van der Waals surface area contributed by atoms with Crippen molar-refractivity contribution in [2.45, 2.75) is 20.4 Å². The first-order chi connectivity index (χ1) is 8.97. The van der Waals surface area contributed by atoms with Gasteiger partial charge in [-0.3, -0.25) is 0 Å². The van der Waals surface area contributed by atoms with Gasteiger partial charge in [0, 0.05) is 18.7 Å². The molecule has 0 saturated heterocycles. The summed E-state index contributed by atoms with van der Waals surface area (Å²) in [5, 5.41) is 2.70. The molecular weight excluding hydrogens is 251 g/mol. The highest BCUT2D eigenvalue weighted by atomic mass is 19.2. The van der Waals surface area contributed by atoms with Crippen molar-refractivity contribution in [3.05, 3.63) is 64.5 Å². The molecule has 0 aliphatic carbocycles. The molecule has 2 aromatic carbocycles. The van der Waals surface area contributed by atoms with Crippen molar-refractivity contribution in [3.63, 3.8) is 0 Å². The quantitative estimate of drug-likeness (QED) is 0.814. The van der Waals surface area contributed by atoms with E-state index in [2.05, 4.69) is 5.32 Å². The monoisotopic (exact) mass is 265 g/mol. The molecule has 2 rings (SSSR count). The maximum absolute atomic E-state index is 13.4. The minimum Gasteiger partial charge on any atom is -0.378 e. The van der Waals surface area contributed by atoms with Crippen molar-refractivity contribution < 1.29 is 13.2 Å². The summed E-state index contributed by atoms with van der Waals surface area (Å²) < 4.78 is 39.5. The lowest BCUT2D eigenvalue weighted by Crippen LogP contribution is -2.04. The molecule has 0 aliphatic heterocycles. The van der Waals surface area contributed by atoms with Crippen LogP contribution in [0, 0.1) is 31.3 Å². The molecule has 0 saturated carbocycles. The Morgan fingerprint density at radius 3 is 2.37 bits per heavy atom. The molecule has 19 heavy (non-hydrogen) atoms. The van der Waals surface area contributed by atoms with Gasteiger partial charge in [-0.05, 0) is 30.5 Å². The van der Waals surface area contributed by atoms with E-state index in [9.17, 15) is 13.2 Å². The van der Waals surface area contributed by atoms with Crippen molar-refractivity contribution in [1.29, 1.82) is 0 Å². The van der Waals surface area contributed by atoms with Crippen LogP contribution in [0.15, 0.2) is 30.3 Å². The Kier molecular flexibility index (Phi) is 3.79. The van der Waals surface area contributed by atoms with Crippen LogP contribution in [-0.2, 0) is 6.54 Å². The number of anilines is 1. The molecule has 0 amide bonds. The normalized spacial score (nSPS) is 10.6. The fourth-order valence-corrected chi connectivity index (χ4v) is 1.80. The third-order valence-electron chi connectivity index (χ3n) is 3.05. The zero-order chi connectivity index (χ0) is 14.0. The average molecular weight is 265 g/mol. The van der Waals surface area contributed by atoms with Crippen molar-refractivity contribution in [1.82, 2.24) is 0 Å². The van der Waals surface area contributed by atoms with E-state index >= 15 is 0 Å². The highest BCUT2D eigenvalue weighted by Crippen LogP contribution is 2.20. The van der Waals surface area contributed by atoms with Gasteiger partial charge in [-0.15, -0.1) is 0 Å². The largest absolute Gasteiger partial charge is 0.378 e. The molecule has 1 N–H and O–H groups in total. The molecule has 0 spiro atoms. The zero-order valence-electron chi connectivity index (χ0n) is 10.7. The van der Waals surface area contributed by atoms with Crippen molar-refractivity contribution in [2.24, 2.45) is 0 Å². The summed E-state index contributed by atoms with van der Waals surface area (Å²) in [4.78, 5) is 0. The molecule has 0 unspecified atom stereocenters. The van der Waals surface area contributed by atoms with Gasteiger partial charge in [0.05, 0.1) is 5.69 Å². The fourth-order valence-electron chi connectivity index (χ4n) is 1.80. The smallest absolute Gasteiger partial charge is 0.182 e. The summed E-state index contributed by atoms with van der Waals surface area (Å²) in [6.07, 6.45) is 0. The summed E-state index contributed by atoms with van der Waals surface area (Å²) in [6, 6.07) is 7.27. The van der Waals surface area contributed by atoms with E-state index in [1.165, 1.54) is 0 Å². The number of rotatable bonds is 3. The van der Waals surface area contributed by atoms with E-state index in [0.717, 1.165) is 22.8 Å². The van der Waals surface area contributed by atoms with E-state index in [0.29, 0.717) is 12.6 Å². The maximum atomic E-state index is 13.4. The summed E-state index contributed by atoms with van der Waals surface area (Å²) in [7, 11) is 0. The maximum Gasteiger partial charge on any atom is 0.182 e. The van der Waals surface area contributed by atoms with E-state index < -0.39 is 17.5 Å². The molecule has 0 atom stereocenters. The second-order valence-electron chi connectivity index (χ2n) is 4.52. The molecule has 0 fully saturated rings. The number of hydrogen-bond acceptors (Lipinski definition) is 1. The first kappa shape index (κ1) is 13.5. The topological polar surface area (TPSA) is 12.0 Å². The van der Waals surface area contributed by atoms with E-state index in [4.69, 9.17) is 0 Å². The van der Waals surface area contributed by atoms with Gasteiger partial charge < -0.3 is 5.32 Å². The second-order valence-corrected chi connectivity index (χ2v) is 4.52. The molecule has 1 nitrogen and oxygen atoms in total. The van der Waals surface area contributed by atoms with Crippen molar-refractivity contribution >= 4 is 5.69 Å². The Morgan fingerprint density at radius 2 is 1.68 bits per heavy atom. The van der Waals surface area contributed by atoms with Gasteiger partial charge in [-0.1, -0.05) is 18.2 Å². The summed E-state index contributed by atoms with van der Waals surface area (Å²) in [5.41, 5.74) is 3.03. The van der Waals surface area contributed by atoms with E-state index in [1.807, 2.05) is 32.0 Å². The van der Waals surface area contributed by atoms with Crippen LogP contribution in [0.3, 0.4) is 0 Å². The minimum absolute atomic E-state index is 0.171. The van der Waals surface area contributed by atoms with Gasteiger partial charge in [0.2, 0.25) is 0 Å². The lowest BCUT2D eigenvalue weighted by molar-refractivity contribution is 0.497.